The van der Waals surface area contributed by atoms with Gasteiger partial charge in [-0.25, -0.2) is 4.79 Å². The molecule has 0 spiro atoms. The molecule has 3 heteroatoms. The lowest BCUT2D eigenvalue weighted by molar-refractivity contribution is -0.155. The van der Waals surface area contributed by atoms with E-state index in [0.29, 0.717) is 11.1 Å². The number of hydrogen-bond acceptors (Lipinski definition) is 2. The van der Waals surface area contributed by atoms with Crippen LogP contribution in [0.3, 0.4) is 0 Å². The Labute approximate surface area is 118 Å². The summed E-state index contributed by atoms with van der Waals surface area (Å²) in [7, 11) is 0. The number of carboxylic acids is 1. The Kier molecular flexibility index (Phi) is 3.64. The largest absolute Gasteiger partial charge is 0.479 e. The molecule has 0 saturated heterocycles. The van der Waals surface area contributed by atoms with E-state index in [1.165, 1.54) is 0 Å². The predicted octanol–water partition coefficient (Wildman–Crippen LogP) is 2.93. The van der Waals surface area contributed by atoms with E-state index in [-0.39, 0.29) is 0 Å². The van der Waals surface area contributed by atoms with Gasteiger partial charge in [0, 0.05) is 5.56 Å². The van der Waals surface area contributed by atoms with Crippen LogP contribution >= 0.6 is 0 Å². The summed E-state index contributed by atoms with van der Waals surface area (Å²) in [5, 5.41) is 20.5. The van der Waals surface area contributed by atoms with Gasteiger partial charge in [-0.1, -0.05) is 48.0 Å². The van der Waals surface area contributed by atoms with Gasteiger partial charge >= 0.3 is 5.97 Å². The highest BCUT2D eigenvalue weighted by Crippen LogP contribution is 2.34. The maximum atomic E-state index is 11.7. The molecular weight excluding hydrogens is 252 g/mol. The number of aryl methyl sites for hydroxylation is 2. The highest BCUT2D eigenvalue weighted by molar-refractivity contribution is 5.84. The Morgan fingerprint density at radius 3 is 2.20 bits per heavy atom. The minimum Gasteiger partial charge on any atom is -0.479 e. The smallest absolute Gasteiger partial charge is 0.345 e. The number of carbonyl (C=O) groups is 1. The number of aliphatic carboxylic acids is 1. The van der Waals surface area contributed by atoms with Crippen LogP contribution in [0.15, 0.2) is 42.5 Å². The molecule has 0 radical (unpaired) electrons. The summed E-state index contributed by atoms with van der Waals surface area (Å²) in [6.07, 6.45) is 0. The van der Waals surface area contributed by atoms with Crippen molar-refractivity contribution in [3.8, 4) is 0 Å². The number of benzene rings is 2. The van der Waals surface area contributed by atoms with Crippen LogP contribution in [0.5, 0.6) is 0 Å². The summed E-state index contributed by atoms with van der Waals surface area (Å²) in [4.78, 5) is 11.7. The van der Waals surface area contributed by atoms with Gasteiger partial charge in [0.05, 0.1) is 0 Å². The van der Waals surface area contributed by atoms with Crippen molar-refractivity contribution in [2.75, 3.05) is 0 Å². The molecule has 3 nitrogen and oxygen atoms in total. The molecule has 20 heavy (non-hydrogen) atoms. The number of hydrogen-bond donors (Lipinski definition) is 2. The van der Waals surface area contributed by atoms with Crippen molar-refractivity contribution >= 4 is 5.97 Å². The molecule has 0 bridgehead atoms. The number of aliphatic hydroxyl groups is 1. The van der Waals surface area contributed by atoms with Crippen LogP contribution < -0.4 is 0 Å². The highest BCUT2D eigenvalue weighted by atomic mass is 16.4. The molecule has 0 unspecified atom stereocenters. The van der Waals surface area contributed by atoms with Gasteiger partial charge in [-0.05, 0) is 37.5 Å². The van der Waals surface area contributed by atoms with Crippen LogP contribution in [0.4, 0.5) is 0 Å². The van der Waals surface area contributed by atoms with Crippen molar-refractivity contribution in [2.24, 2.45) is 0 Å². The Balaban J connectivity index is 2.76. The lowest BCUT2D eigenvalue weighted by Gasteiger charge is -2.27. The van der Waals surface area contributed by atoms with Gasteiger partial charge in [0.2, 0.25) is 5.60 Å². The fourth-order valence-corrected chi connectivity index (χ4v) is 2.49. The molecular formula is C17H18O3. The summed E-state index contributed by atoms with van der Waals surface area (Å²) < 4.78 is 0. The average molecular weight is 270 g/mol. The van der Waals surface area contributed by atoms with Crippen molar-refractivity contribution in [1.29, 1.82) is 0 Å². The minimum atomic E-state index is -2.03. The summed E-state index contributed by atoms with van der Waals surface area (Å²) >= 11 is 0. The average Bonchev–Trinajstić information content (AvgIpc) is 2.42. The lowest BCUT2D eigenvalue weighted by Crippen LogP contribution is -2.37. The Bertz CT molecular complexity index is 647. The third-order valence-corrected chi connectivity index (χ3v) is 3.70. The van der Waals surface area contributed by atoms with E-state index < -0.39 is 11.6 Å². The zero-order valence-electron chi connectivity index (χ0n) is 11.8. The fourth-order valence-electron chi connectivity index (χ4n) is 2.49. The Morgan fingerprint density at radius 1 is 1.05 bits per heavy atom. The molecule has 104 valence electrons. The quantitative estimate of drug-likeness (QED) is 0.901. The molecule has 2 aromatic rings. The number of carboxylic acid groups (broad SMARTS) is 1. The van der Waals surface area contributed by atoms with Crippen molar-refractivity contribution in [2.45, 2.75) is 26.4 Å². The third-order valence-electron chi connectivity index (χ3n) is 3.70. The molecule has 1 atom stereocenters. The molecule has 0 fully saturated rings. The first-order valence-corrected chi connectivity index (χ1v) is 6.47. The normalized spacial score (nSPS) is 13.8. The topological polar surface area (TPSA) is 57.5 Å². The summed E-state index contributed by atoms with van der Waals surface area (Å²) in [5.74, 6) is -1.27. The third kappa shape index (κ3) is 2.21. The Morgan fingerprint density at radius 2 is 1.65 bits per heavy atom. The molecule has 0 aliphatic rings. The monoisotopic (exact) mass is 270 g/mol. The van der Waals surface area contributed by atoms with Crippen LogP contribution in [0.1, 0.15) is 27.8 Å². The number of rotatable bonds is 3. The van der Waals surface area contributed by atoms with E-state index in [1.54, 1.807) is 36.4 Å². The van der Waals surface area contributed by atoms with Crippen molar-refractivity contribution in [3.63, 3.8) is 0 Å². The van der Waals surface area contributed by atoms with Gasteiger partial charge in [-0.3, -0.25) is 0 Å². The van der Waals surface area contributed by atoms with E-state index in [0.717, 1.165) is 16.7 Å². The van der Waals surface area contributed by atoms with E-state index in [1.807, 2.05) is 26.8 Å². The maximum absolute atomic E-state index is 11.7. The second-order valence-electron chi connectivity index (χ2n) is 5.14. The lowest BCUT2D eigenvalue weighted by atomic mass is 9.82. The molecule has 2 N–H and O–H groups in total. The second kappa shape index (κ2) is 5.10. The first-order chi connectivity index (χ1) is 9.37. The van der Waals surface area contributed by atoms with E-state index in [4.69, 9.17) is 0 Å². The second-order valence-corrected chi connectivity index (χ2v) is 5.14. The standard InChI is InChI=1S/C17H18O3/c1-11-9-12(2)13(3)15(10-11)17(20,16(18)19)14-7-5-4-6-8-14/h4-10,20H,1-3H3,(H,18,19)/t17-/m0/s1. The van der Waals surface area contributed by atoms with Gasteiger partial charge in [0.25, 0.3) is 0 Å². The van der Waals surface area contributed by atoms with Gasteiger partial charge < -0.3 is 10.2 Å². The summed E-state index contributed by atoms with van der Waals surface area (Å²) in [5.41, 5.74) is 1.45. The molecule has 0 aliphatic carbocycles. The van der Waals surface area contributed by atoms with E-state index in [9.17, 15) is 15.0 Å². The minimum absolute atomic E-state index is 0.362. The SMILES string of the molecule is Cc1cc(C)c(C)c([C@](O)(C(=O)O)c2ccccc2)c1. The van der Waals surface area contributed by atoms with Gasteiger partial charge in [-0.2, -0.15) is 0 Å². The maximum Gasteiger partial charge on any atom is 0.345 e. The molecule has 2 rings (SSSR count). The predicted molar refractivity (Wildman–Crippen MR) is 77.7 cm³/mol. The zero-order chi connectivity index (χ0) is 14.9. The van der Waals surface area contributed by atoms with Crippen LogP contribution in [0, 0.1) is 20.8 Å². The molecule has 0 amide bonds. The van der Waals surface area contributed by atoms with Gasteiger partial charge in [0.15, 0.2) is 0 Å². The molecule has 0 aromatic heterocycles. The summed E-state index contributed by atoms with van der Waals surface area (Å²) in [6.45, 7) is 5.64. The molecule has 0 saturated carbocycles. The van der Waals surface area contributed by atoms with E-state index in [2.05, 4.69) is 0 Å². The molecule has 0 heterocycles. The van der Waals surface area contributed by atoms with Crippen LogP contribution in [-0.4, -0.2) is 16.2 Å². The molecule has 2 aromatic carbocycles. The van der Waals surface area contributed by atoms with Crippen molar-refractivity contribution in [3.05, 3.63) is 70.3 Å². The first kappa shape index (κ1) is 14.3. The summed E-state index contributed by atoms with van der Waals surface area (Å²) in [6, 6.07) is 12.2. The molecule has 0 aliphatic heterocycles. The van der Waals surface area contributed by atoms with Crippen LogP contribution in [0.25, 0.3) is 0 Å². The Hall–Kier alpha value is -2.13. The highest BCUT2D eigenvalue weighted by Gasteiger charge is 2.41. The van der Waals surface area contributed by atoms with Crippen molar-refractivity contribution in [1.82, 2.24) is 0 Å². The van der Waals surface area contributed by atoms with Crippen molar-refractivity contribution < 1.29 is 15.0 Å². The van der Waals surface area contributed by atoms with E-state index >= 15 is 0 Å². The van der Waals surface area contributed by atoms with Crippen LogP contribution in [-0.2, 0) is 10.4 Å². The van der Waals surface area contributed by atoms with Gasteiger partial charge in [-0.15, -0.1) is 0 Å². The van der Waals surface area contributed by atoms with Crippen LogP contribution in [0.2, 0.25) is 0 Å². The van der Waals surface area contributed by atoms with Gasteiger partial charge in [0.1, 0.15) is 0 Å². The fraction of sp³-hybridized carbons (Fsp3) is 0.235. The first-order valence-electron chi connectivity index (χ1n) is 6.47. The zero-order valence-corrected chi connectivity index (χ0v) is 11.8.